The Hall–Kier alpha value is -4.57. The second-order valence-corrected chi connectivity index (χ2v) is 28.7. The van der Waals surface area contributed by atoms with Gasteiger partial charge in [-0.05, 0) is 116 Å². The zero-order chi connectivity index (χ0) is 71.8. The van der Waals surface area contributed by atoms with Crippen LogP contribution in [0.2, 0.25) is 0 Å². The molecular weight excluding hydrogens is 1220 g/mol. The van der Waals surface area contributed by atoms with Gasteiger partial charge in [0.05, 0.1) is 34.4 Å². The average molecular weight is 1380 g/mol. The van der Waals surface area contributed by atoms with Gasteiger partial charge in [-0.3, -0.25) is 9.59 Å². The van der Waals surface area contributed by atoms with E-state index < -0.39 is 24.3 Å². The van der Waals surface area contributed by atoms with Crippen molar-refractivity contribution < 1.29 is 42.9 Å². The number of ether oxygens (including phenoxy) is 4. The van der Waals surface area contributed by atoms with E-state index in [-0.39, 0.29) is 32.2 Å². The number of esters is 2. The fraction of sp³-hybridized carbons (Fsp3) is 0.722. The Labute approximate surface area is 611 Å². The molecule has 0 aliphatic heterocycles. The largest absolute Gasteiger partial charge is 0.477 e. The maximum Gasteiger partial charge on any atom is 0.361 e. The lowest BCUT2D eigenvalue weighted by atomic mass is 10.0. The summed E-state index contributed by atoms with van der Waals surface area (Å²) in [4.78, 5) is 37.8. The van der Waals surface area contributed by atoms with E-state index in [9.17, 15) is 19.5 Å². The minimum Gasteiger partial charge on any atom is -0.477 e. The van der Waals surface area contributed by atoms with Crippen LogP contribution in [0.15, 0.2) is 134 Å². The lowest BCUT2D eigenvalue weighted by Gasteiger charge is -2.25. The molecule has 0 saturated heterocycles. The van der Waals surface area contributed by atoms with Gasteiger partial charge >= 0.3 is 17.9 Å². The molecule has 2 atom stereocenters. The Bertz CT molecular complexity index is 2100. The van der Waals surface area contributed by atoms with Gasteiger partial charge in [-0.25, -0.2) is 4.79 Å². The van der Waals surface area contributed by atoms with Crippen molar-refractivity contribution in [2.24, 2.45) is 0 Å². The second-order valence-electron chi connectivity index (χ2n) is 28.7. The summed E-state index contributed by atoms with van der Waals surface area (Å²) in [6.45, 7) is 4.78. The number of unbranched alkanes of at least 4 members (excludes halogenated alkanes) is 39. The molecule has 99 heavy (non-hydrogen) atoms. The van der Waals surface area contributed by atoms with Crippen LogP contribution in [0.1, 0.15) is 361 Å². The monoisotopic (exact) mass is 1380 g/mol. The molecule has 0 amide bonds. The molecule has 9 heteroatoms. The Balaban J connectivity index is 4.03. The lowest BCUT2D eigenvalue weighted by Crippen LogP contribution is -2.40. The number of carboxylic acid groups (broad SMARTS) is 1. The van der Waals surface area contributed by atoms with E-state index in [0.29, 0.717) is 23.9 Å². The molecule has 0 aliphatic carbocycles. The Morgan fingerprint density at radius 1 is 0.313 bits per heavy atom. The molecule has 0 spiro atoms. The first-order valence-corrected chi connectivity index (χ1v) is 41.3. The maximum absolute atomic E-state index is 13.0. The summed E-state index contributed by atoms with van der Waals surface area (Å²) in [5.41, 5.74) is 0. The van der Waals surface area contributed by atoms with Crippen molar-refractivity contribution in [3.05, 3.63) is 134 Å². The molecule has 0 radical (unpaired) electrons. The standard InChI is InChI=1S/C90H155NO8/c1-6-8-10-12-14-16-18-20-22-24-26-28-30-32-34-36-38-40-42-44-46-48-50-52-54-56-58-60-62-64-66-68-70-72-74-76-78-80-87(92)97-84-86(85-98-90(89(94)95)96-83-82-91(3,4)5)99-88(93)81-79-77-75-73-71-69-67-65-63-61-59-57-55-53-51-49-47-45-43-41-39-37-35-33-31-29-27-25-23-21-19-17-15-13-11-9-7-2/h9,11,15,17-18,20-21,23-24,26-27,29-30,32-33,35,39,41,45,47,51,53,86,90H,6-8,10,12-14,16,19,22,25,28,31,34,36-38,40,42-44,46,48-50,52,54-85H2,1-5H3/p+1/b11-9-,17-15-,20-18-,23-21-,26-24-,29-27-,32-30-,35-33-,41-39-,47-45-,53-51-. The zero-order valence-electron chi connectivity index (χ0n) is 65.1. The summed E-state index contributed by atoms with van der Waals surface area (Å²) in [5, 5.41) is 9.78. The molecular formula is C90H156NO8+. The van der Waals surface area contributed by atoms with Gasteiger partial charge in [0.2, 0.25) is 0 Å². The van der Waals surface area contributed by atoms with Crippen molar-refractivity contribution in [3.8, 4) is 0 Å². The summed E-state index contributed by atoms with van der Waals surface area (Å²) in [7, 11) is 5.99. The summed E-state index contributed by atoms with van der Waals surface area (Å²) in [6.07, 6.45) is 112. The van der Waals surface area contributed by atoms with E-state index in [1.54, 1.807) is 0 Å². The van der Waals surface area contributed by atoms with Crippen molar-refractivity contribution in [2.45, 2.75) is 373 Å². The highest BCUT2D eigenvalue weighted by Gasteiger charge is 2.25. The van der Waals surface area contributed by atoms with Crippen LogP contribution < -0.4 is 0 Å². The Kier molecular flexibility index (Phi) is 75.5. The van der Waals surface area contributed by atoms with Crippen molar-refractivity contribution in [1.82, 2.24) is 0 Å². The van der Waals surface area contributed by atoms with E-state index in [4.69, 9.17) is 18.9 Å². The SMILES string of the molecule is CC/C=C\C/C=C\C/C=C\C/C=C\C/C=C\C/C=C\C/C=C\C/C=C\CCCCCCCCCCCCCCC(=O)OC(COC(=O)CCCCCCCCCCCCCCCCCCCCCCCC/C=C\C/C=C\C/C=C\CCCCCCC)COC(OCC[N+](C)(C)C)C(=O)O. The normalized spacial score (nSPS) is 13.3. The smallest absolute Gasteiger partial charge is 0.361 e. The predicted molar refractivity (Wildman–Crippen MR) is 428 cm³/mol. The highest BCUT2D eigenvalue weighted by molar-refractivity contribution is 5.71. The lowest BCUT2D eigenvalue weighted by molar-refractivity contribution is -0.870. The number of rotatable bonds is 76. The topological polar surface area (TPSA) is 108 Å². The number of hydrogen-bond donors (Lipinski definition) is 1. The van der Waals surface area contributed by atoms with Crippen LogP contribution in [0.25, 0.3) is 0 Å². The van der Waals surface area contributed by atoms with Crippen LogP contribution in [0.4, 0.5) is 0 Å². The maximum atomic E-state index is 13.0. The van der Waals surface area contributed by atoms with Gasteiger partial charge in [-0.1, -0.05) is 366 Å². The van der Waals surface area contributed by atoms with Crippen LogP contribution >= 0.6 is 0 Å². The van der Waals surface area contributed by atoms with E-state index in [2.05, 4.69) is 148 Å². The third-order valence-electron chi connectivity index (χ3n) is 17.9. The number of carboxylic acids is 1. The van der Waals surface area contributed by atoms with Crippen LogP contribution in [-0.2, 0) is 33.3 Å². The molecule has 0 fully saturated rings. The third kappa shape index (κ3) is 80.6. The van der Waals surface area contributed by atoms with E-state index >= 15 is 0 Å². The van der Waals surface area contributed by atoms with Gasteiger partial charge < -0.3 is 28.5 Å². The molecule has 0 bridgehead atoms. The summed E-state index contributed by atoms with van der Waals surface area (Å²) >= 11 is 0. The first kappa shape index (κ1) is 94.4. The fourth-order valence-electron chi connectivity index (χ4n) is 11.6. The van der Waals surface area contributed by atoms with Gasteiger partial charge in [0.1, 0.15) is 13.2 Å². The van der Waals surface area contributed by atoms with Crippen LogP contribution in [-0.4, -0.2) is 87.4 Å². The average Bonchev–Trinajstić information content (AvgIpc) is 2.19. The molecule has 0 aromatic heterocycles. The zero-order valence-corrected chi connectivity index (χ0v) is 65.1. The van der Waals surface area contributed by atoms with Gasteiger partial charge in [-0.2, -0.15) is 0 Å². The number of allylic oxidation sites excluding steroid dienone is 22. The highest BCUT2D eigenvalue weighted by Crippen LogP contribution is 2.19. The van der Waals surface area contributed by atoms with E-state index in [0.717, 1.165) is 103 Å². The van der Waals surface area contributed by atoms with E-state index in [1.807, 2.05) is 21.1 Å². The van der Waals surface area contributed by atoms with Crippen molar-refractivity contribution >= 4 is 17.9 Å². The molecule has 568 valence electrons. The second kappa shape index (κ2) is 79.1. The number of likely N-dealkylation sites (N-methyl/N-ethyl adjacent to an activating group) is 1. The minimum absolute atomic E-state index is 0.184. The molecule has 0 saturated carbocycles. The number of carbonyl (C=O) groups excluding carboxylic acids is 2. The Morgan fingerprint density at radius 3 is 0.859 bits per heavy atom. The fourth-order valence-corrected chi connectivity index (χ4v) is 11.6. The van der Waals surface area contributed by atoms with Crippen LogP contribution in [0.3, 0.4) is 0 Å². The number of nitrogens with zero attached hydrogens (tertiary/aromatic N) is 1. The molecule has 0 aromatic carbocycles. The van der Waals surface area contributed by atoms with Crippen LogP contribution in [0, 0.1) is 0 Å². The number of carbonyl (C=O) groups is 3. The predicted octanol–water partition coefficient (Wildman–Crippen LogP) is 26.8. The molecule has 0 heterocycles. The molecule has 2 unspecified atom stereocenters. The number of hydrogen-bond acceptors (Lipinski definition) is 7. The minimum atomic E-state index is -1.52. The van der Waals surface area contributed by atoms with Gasteiger partial charge in [-0.15, -0.1) is 0 Å². The summed E-state index contributed by atoms with van der Waals surface area (Å²) in [5.74, 6) is -2.00. The molecule has 1 N–H and O–H groups in total. The van der Waals surface area contributed by atoms with Gasteiger partial charge in [0.15, 0.2) is 6.10 Å². The summed E-state index contributed by atoms with van der Waals surface area (Å²) in [6, 6.07) is 0. The van der Waals surface area contributed by atoms with Crippen molar-refractivity contribution in [1.29, 1.82) is 0 Å². The van der Waals surface area contributed by atoms with E-state index in [1.165, 1.54) is 225 Å². The first-order valence-electron chi connectivity index (χ1n) is 41.3. The molecule has 9 nitrogen and oxygen atoms in total. The van der Waals surface area contributed by atoms with Crippen molar-refractivity contribution in [2.75, 3.05) is 47.5 Å². The number of quaternary nitrogens is 1. The van der Waals surface area contributed by atoms with Gasteiger partial charge in [0, 0.05) is 12.8 Å². The third-order valence-corrected chi connectivity index (χ3v) is 17.9. The van der Waals surface area contributed by atoms with Gasteiger partial charge in [0.25, 0.3) is 6.29 Å². The quantitative estimate of drug-likeness (QED) is 0.0211. The Morgan fingerprint density at radius 2 is 0.576 bits per heavy atom. The highest BCUT2D eigenvalue weighted by atomic mass is 16.7. The van der Waals surface area contributed by atoms with Crippen molar-refractivity contribution in [3.63, 3.8) is 0 Å². The molecule has 0 aliphatic rings. The molecule has 0 rings (SSSR count). The summed E-state index contributed by atoms with van der Waals surface area (Å²) < 4.78 is 23.1. The van der Waals surface area contributed by atoms with Crippen LogP contribution in [0.5, 0.6) is 0 Å². The number of aliphatic carboxylic acids is 1. The first-order chi connectivity index (χ1) is 48.6. The molecule has 0 aromatic rings.